The molecule has 4 aliphatic rings. The van der Waals surface area contributed by atoms with Crippen molar-refractivity contribution in [1.82, 2.24) is 15.1 Å². The molecule has 1 N–H and O–H groups in total. The van der Waals surface area contributed by atoms with Crippen molar-refractivity contribution < 1.29 is 14.3 Å². The van der Waals surface area contributed by atoms with Crippen molar-refractivity contribution in [3.05, 3.63) is 0 Å². The highest BCUT2D eigenvalue weighted by Crippen LogP contribution is 2.37. The van der Waals surface area contributed by atoms with Gasteiger partial charge in [-0.25, -0.2) is 0 Å². The van der Waals surface area contributed by atoms with Crippen LogP contribution in [0.5, 0.6) is 0 Å². The Bertz CT molecular complexity index is 442. The molecular formula is C17H29N3O3. The number of hydrogen-bond donors (Lipinski definition) is 1. The number of carbonyl (C=O) groups is 1. The van der Waals surface area contributed by atoms with Crippen molar-refractivity contribution in [2.24, 2.45) is 5.92 Å². The van der Waals surface area contributed by atoms with Crippen LogP contribution in [0.1, 0.15) is 25.7 Å². The Balaban J connectivity index is 1.36. The summed E-state index contributed by atoms with van der Waals surface area (Å²) in [6.45, 7) is 6.30. The number of amides is 1. The zero-order valence-electron chi connectivity index (χ0n) is 14.1. The van der Waals surface area contributed by atoms with Gasteiger partial charge in [0, 0.05) is 52.5 Å². The SMILES string of the molecule is CNC(=O)[C@@H]1COC2(CN(C3CCOCC3)C2)CN1CC1CC1. The highest BCUT2D eigenvalue weighted by molar-refractivity contribution is 5.81. The number of nitrogens with zero attached hydrogens (tertiary/aromatic N) is 2. The van der Waals surface area contributed by atoms with Crippen LogP contribution in [-0.2, 0) is 14.3 Å². The van der Waals surface area contributed by atoms with Gasteiger partial charge in [0.05, 0.1) is 6.61 Å². The fourth-order valence-corrected chi connectivity index (χ4v) is 4.31. The molecule has 1 amide bonds. The second-order valence-electron chi connectivity index (χ2n) is 7.75. The summed E-state index contributed by atoms with van der Waals surface area (Å²) in [6.07, 6.45) is 4.92. The molecule has 0 aromatic rings. The van der Waals surface area contributed by atoms with Crippen LogP contribution in [0, 0.1) is 5.92 Å². The van der Waals surface area contributed by atoms with E-state index in [1.54, 1.807) is 7.05 Å². The minimum Gasteiger partial charge on any atom is -0.381 e. The first-order chi connectivity index (χ1) is 11.2. The number of rotatable bonds is 4. The first-order valence-corrected chi connectivity index (χ1v) is 9.10. The summed E-state index contributed by atoms with van der Waals surface area (Å²) in [5, 5.41) is 2.80. The zero-order valence-corrected chi connectivity index (χ0v) is 14.1. The van der Waals surface area contributed by atoms with E-state index in [1.165, 1.54) is 12.8 Å². The number of nitrogens with one attached hydrogen (secondary N) is 1. The van der Waals surface area contributed by atoms with Crippen LogP contribution in [0.2, 0.25) is 0 Å². The molecule has 0 bridgehead atoms. The molecule has 3 saturated heterocycles. The lowest BCUT2D eigenvalue weighted by Gasteiger charge is -2.58. The van der Waals surface area contributed by atoms with Crippen molar-refractivity contribution >= 4 is 5.91 Å². The predicted molar refractivity (Wildman–Crippen MR) is 86.2 cm³/mol. The Labute approximate surface area is 138 Å². The van der Waals surface area contributed by atoms with Gasteiger partial charge in [-0.15, -0.1) is 0 Å². The maximum atomic E-state index is 12.2. The molecule has 0 radical (unpaired) electrons. The zero-order chi connectivity index (χ0) is 15.9. The van der Waals surface area contributed by atoms with E-state index in [2.05, 4.69) is 15.1 Å². The molecule has 6 nitrogen and oxygen atoms in total. The monoisotopic (exact) mass is 323 g/mol. The van der Waals surface area contributed by atoms with Crippen molar-refractivity contribution in [2.75, 3.05) is 53.0 Å². The molecule has 23 heavy (non-hydrogen) atoms. The minimum atomic E-state index is -0.108. The fourth-order valence-electron chi connectivity index (χ4n) is 4.31. The molecule has 1 atom stereocenters. The molecule has 0 aromatic carbocycles. The van der Waals surface area contributed by atoms with Crippen molar-refractivity contribution in [3.63, 3.8) is 0 Å². The van der Waals surface area contributed by atoms with Gasteiger partial charge >= 0.3 is 0 Å². The van der Waals surface area contributed by atoms with Gasteiger partial charge in [0.2, 0.25) is 5.91 Å². The fraction of sp³-hybridized carbons (Fsp3) is 0.941. The van der Waals surface area contributed by atoms with Crippen LogP contribution >= 0.6 is 0 Å². The smallest absolute Gasteiger partial charge is 0.239 e. The van der Waals surface area contributed by atoms with Gasteiger partial charge in [-0.05, 0) is 31.6 Å². The molecule has 1 saturated carbocycles. The summed E-state index contributed by atoms with van der Waals surface area (Å²) >= 11 is 0. The largest absolute Gasteiger partial charge is 0.381 e. The molecule has 4 rings (SSSR count). The minimum absolute atomic E-state index is 0.0439. The summed E-state index contributed by atoms with van der Waals surface area (Å²) in [5.41, 5.74) is -0.0439. The molecular weight excluding hydrogens is 294 g/mol. The first kappa shape index (κ1) is 15.8. The van der Waals surface area contributed by atoms with E-state index in [-0.39, 0.29) is 17.6 Å². The summed E-state index contributed by atoms with van der Waals surface area (Å²) in [4.78, 5) is 17.1. The number of carbonyl (C=O) groups excluding carboxylic acids is 1. The van der Waals surface area contributed by atoms with Crippen LogP contribution in [0.3, 0.4) is 0 Å². The van der Waals surface area contributed by atoms with E-state index in [0.717, 1.165) is 58.2 Å². The lowest BCUT2D eigenvalue weighted by Crippen LogP contribution is -2.74. The van der Waals surface area contributed by atoms with Crippen LogP contribution in [-0.4, -0.2) is 86.4 Å². The summed E-state index contributed by atoms with van der Waals surface area (Å²) in [7, 11) is 1.72. The highest BCUT2D eigenvalue weighted by Gasteiger charge is 2.52. The van der Waals surface area contributed by atoms with Crippen molar-refractivity contribution in [2.45, 2.75) is 43.4 Å². The van der Waals surface area contributed by atoms with Gasteiger partial charge in [0.25, 0.3) is 0 Å². The number of likely N-dealkylation sites (N-methyl/N-ethyl adjacent to an activating group) is 1. The third-order valence-electron chi connectivity index (χ3n) is 5.91. The summed E-state index contributed by atoms with van der Waals surface area (Å²) in [6, 6.07) is 0.551. The van der Waals surface area contributed by atoms with Gasteiger partial charge in [-0.1, -0.05) is 0 Å². The van der Waals surface area contributed by atoms with E-state index in [1.807, 2.05) is 0 Å². The number of likely N-dealkylation sites (tertiary alicyclic amines) is 1. The van der Waals surface area contributed by atoms with E-state index in [0.29, 0.717) is 12.6 Å². The van der Waals surface area contributed by atoms with Gasteiger partial charge in [0.15, 0.2) is 0 Å². The third kappa shape index (κ3) is 3.27. The van der Waals surface area contributed by atoms with Gasteiger partial charge in [-0.3, -0.25) is 14.6 Å². The third-order valence-corrected chi connectivity index (χ3v) is 5.91. The van der Waals surface area contributed by atoms with Gasteiger partial charge in [0.1, 0.15) is 11.6 Å². The number of morpholine rings is 1. The number of hydrogen-bond acceptors (Lipinski definition) is 5. The second kappa shape index (κ2) is 6.31. The molecule has 3 heterocycles. The van der Waals surface area contributed by atoms with E-state index >= 15 is 0 Å². The molecule has 4 fully saturated rings. The quantitative estimate of drug-likeness (QED) is 0.794. The van der Waals surface area contributed by atoms with E-state index < -0.39 is 0 Å². The van der Waals surface area contributed by atoms with Crippen LogP contribution < -0.4 is 5.32 Å². The maximum Gasteiger partial charge on any atom is 0.239 e. The predicted octanol–water partition coefficient (Wildman–Crippen LogP) is 0.0766. The first-order valence-electron chi connectivity index (χ1n) is 9.10. The Hall–Kier alpha value is -0.690. The lowest BCUT2D eigenvalue weighted by atomic mass is 9.87. The van der Waals surface area contributed by atoms with Crippen LogP contribution in [0.25, 0.3) is 0 Å². The average molecular weight is 323 g/mol. The van der Waals surface area contributed by atoms with Crippen LogP contribution in [0.15, 0.2) is 0 Å². The average Bonchev–Trinajstić information content (AvgIpc) is 3.36. The van der Waals surface area contributed by atoms with Crippen LogP contribution in [0.4, 0.5) is 0 Å². The maximum absolute atomic E-state index is 12.2. The molecule has 6 heteroatoms. The molecule has 1 spiro atoms. The number of ether oxygens (including phenoxy) is 2. The Kier molecular flexibility index (Phi) is 4.34. The van der Waals surface area contributed by atoms with Crippen molar-refractivity contribution in [3.8, 4) is 0 Å². The second-order valence-corrected chi connectivity index (χ2v) is 7.75. The summed E-state index contributed by atoms with van der Waals surface area (Å²) < 4.78 is 11.7. The Morgan fingerprint density at radius 2 is 1.91 bits per heavy atom. The van der Waals surface area contributed by atoms with Gasteiger partial charge < -0.3 is 14.8 Å². The normalized spacial score (nSPS) is 32.7. The molecule has 1 aliphatic carbocycles. The molecule has 130 valence electrons. The van der Waals surface area contributed by atoms with E-state index in [4.69, 9.17) is 9.47 Å². The topological polar surface area (TPSA) is 54.0 Å². The Morgan fingerprint density at radius 1 is 1.17 bits per heavy atom. The highest BCUT2D eigenvalue weighted by atomic mass is 16.5. The lowest BCUT2D eigenvalue weighted by molar-refractivity contribution is -0.212. The van der Waals surface area contributed by atoms with Crippen molar-refractivity contribution in [1.29, 1.82) is 0 Å². The van der Waals surface area contributed by atoms with E-state index in [9.17, 15) is 4.79 Å². The standard InChI is InChI=1S/C17H29N3O3/c1-18-16(21)15-9-23-17(10-19(15)8-13-2-3-13)11-20(12-17)14-4-6-22-7-5-14/h13-15H,2-12H2,1H3,(H,18,21)/t15-/m0/s1. The Morgan fingerprint density at radius 3 is 2.57 bits per heavy atom. The van der Waals surface area contributed by atoms with Gasteiger partial charge in [-0.2, -0.15) is 0 Å². The molecule has 0 aromatic heterocycles. The molecule has 3 aliphatic heterocycles. The molecule has 0 unspecified atom stereocenters. The summed E-state index contributed by atoms with van der Waals surface area (Å²) in [5.74, 6) is 0.894.